The highest BCUT2D eigenvalue weighted by molar-refractivity contribution is 7.16. The molecule has 4 aromatic rings. The highest BCUT2D eigenvalue weighted by atomic mass is 35.5. The maximum Gasteiger partial charge on any atom is 0.235 e. The van der Waals surface area contributed by atoms with Gasteiger partial charge in [0.2, 0.25) is 10.8 Å². The zero-order chi connectivity index (χ0) is 15.1. The Balaban J connectivity index is 1.77. The average molecular weight is 331 g/mol. The number of benzene rings is 1. The van der Waals surface area contributed by atoms with E-state index in [1.165, 1.54) is 16.9 Å². The summed E-state index contributed by atoms with van der Waals surface area (Å²) in [7, 11) is 1.82. The number of aryl methyl sites for hydroxylation is 1. The summed E-state index contributed by atoms with van der Waals surface area (Å²) in [6, 6.07) is 10.2. The van der Waals surface area contributed by atoms with E-state index in [0.29, 0.717) is 16.5 Å². The number of fused-ring (bicyclic) bond motifs is 1. The minimum absolute atomic E-state index is 0.536. The molecule has 110 valence electrons. The van der Waals surface area contributed by atoms with E-state index in [4.69, 9.17) is 11.6 Å². The Kier molecular flexibility index (Phi) is 3.16. The predicted octanol–water partition coefficient (Wildman–Crippen LogP) is 2.83. The van der Waals surface area contributed by atoms with Gasteiger partial charge in [0.15, 0.2) is 0 Å². The van der Waals surface area contributed by atoms with E-state index in [1.807, 2.05) is 25.2 Å². The third kappa shape index (κ3) is 2.18. The second-order valence-electron chi connectivity index (χ2n) is 4.84. The van der Waals surface area contributed by atoms with Crippen LogP contribution in [-0.2, 0) is 13.5 Å². The van der Waals surface area contributed by atoms with Gasteiger partial charge in [0.1, 0.15) is 10.7 Å². The summed E-state index contributed by atoms with van der Waals surface area (Å²) in [6.45, 7) is 0. The number of halogens is 1. The molecule has 0 aliphatic rings. The van der Waals surface area contributed by atoms with Crippen molar-refractivity contribution in [2.75, 3.05) is 0 Å². The molecule has 3 heterocycles. The van der Waals surface area contributed by atoms with Crippen molar-refractivity contribution in [3.63, 3.8) is 0 Å². The van der Waals surface area contributed by atoms with Crippen molar-refractivity contribution < 1.29 is 0 Å². The summed E-state index contributed by atoms with van der Waals surface area (Å²) in [5.41, 5.74) is 1.93. The number of nitrogens with zero attached hydrogens (tertiary/aromatic N) is 6. The van der Waals surface area contributed by atoms with Gasteiger partial charge in [-0.05, 0) is 5.56 Å². The van der Waals surface area contributed by atoms with Crippen molar-refractivity contribution in [1.82, 2.24) is 29.6 Å². The van der Waals surface area contributed by atoms with Gasteiger partial charge in [0, 0.05) is 13.5 Å². The van der Waals surface area contributed by atoms with Crippen LogP contribution in [0.2, 0.25) is 5.02 Å². The molecule has 0 bridgehead atoms. The fraction of sp³-hybridized carbons (Fsp3) is 0.143. The van der Waals surface area contributed by atoms with Gasteiger partial charge in [-0.2, -0.15) is 14.7 Å². The van der Waals surface area contributed by atoms with E-state index in [1.54, 1.807) is 15.4 Å². The topological polar surface area (TPSA) is 60.9 Å². The molecule has 0 amide bonds. The van der Waals surface area contributed by atoms with Crippen molar-refractivity contribution >= 4 is 27.9 Å². The minimum Gasteiger partial charge on any atom is -0.263 e. The Morgan fingerprint density at radius 2 is 2.00 bits per heavy atom. The fourth-order valence-corrected chi connectivity index (χ4v) is 3.43. The standard InChI is InChI=1S/C14H11ClN6S/c1-20-12(10(15)8-16-20)13-17-18-14-21(13)19-11(22-14)7-9-5-3-2-4-6-9/h2-6,8H,7H2,1H3. The van der Waals surface area contributed by atoms with Gasteiger partial charge in [-0.25, -0.2) is 0 Å². The normalized spacial score (nSPS) is 11.4. The van der Waals surface area contributed by atoms with Gasteiger partial charge in [0.25, 0.3) is 0 Å². The lowest BCUT2D eigenvalue weighted by Crippen LogP contribution is -1.99. The monoisotopic (exact) mass is 330 g/mol. The summed E-state index contributed by atoms with van der Waals surface area (Å²) >= 11 is 7.71. The van der Waals surface area contributed by atoms with Crippen molar-refractivity contribution in [2.45, 2.75) is 6.42 Å². The molecule has 1 aromatic carbocycles. The van der Waals surface area contributed by atoms with Crippen LogP contribution in [0.5, 0.6) is 0 Å². The zero-order valence-electron chi connectivity index (χ0n) is 11.6. The van der Waals surface area contributed by atoms with Crippen LogP contribution >= 0.6 is 22.9 Å². The van der Waals surface area contributed by atoms with Gasteiger partial charge in [-0.1, -0.05) is 53.3 Å². The molecule has 4 rings (SSSR count). The summed E-state index contributed by atoms with van der Waals surface area (Å²) in [5.74, 6) is 0.607. The maximum atomic E-state index is 6.18. The highest BCUT2D eigenvalue weighted by Crippen LogP contribution is 2.27. The first-order valence-corrected chi connectivity index (χ1v) is 7.85. The molecule has 3 aromatic heterocycles. The van der Waals surface area contributed by atoms with Gasteiger partial charge >= 0.3 is 0 Å². The first-order chi connectivity index (χ1) is 10.7. The number of aromatic nitrogens is 6. The molecule has 22 heavy (non-hydrogen) atoms. The Morgan fingerprint density at radius 1 is 1.18 bits per heavy atom. The molecular weight excluding hydrogens is 320 g/mol. The summed E-state index contributed by atoms with van der Waals surface area (Å²) < 4.78 is 3.40. The largest absolute Gasteiger partial charge is 0.263 e. The molecule has 0 N–H and O–H groups in total. The molecule has 0 aliphatic heterocycles. The molecule has 8 heteroatoms. The van der Waals surface area contributed by atoms with E-state index < -0.39 is 0 Å². The lowest BCUT2D eigenvalue weighted by atomic mass is 10.2. The predicted molar refractivity (Wildman–Crippen MR) is 85.1 cm³/mol. The third-order valence-corrected chi connectivity index (χ3v) is 4.51. The second-order valence-corrected chi connectivity index (χ2v) is 6.29. The molecular formula is C14H11ClN6S. The molecule has 6 nitrogen and oxygen atoms in total. The van der Waals surface area contributed by atoms with Crippen molar-refractivity contribution in [3.8, 4) is 11.5 Å². The number of hydrogen-bond acceptors (Lipinski definition) is 5. The average Bonchev–Trinajstić information content (AvgIpc) is 3.16. The van der Waals surface area contributed by atoms with Crippen LogP contribution in [0.25, 0.3) is 16.5 Å². The highest BCUT2D eigenvalue weighted by Gasteiger charge is 2.19. The van der Waals surface area contributed by atoms with E-state index in [-0.39, 0.29) is 0 Å². The lowest BCUT2D eigenvalue weighted by molar-refractivity contribution is 0.763. The Morgan fingerprint density at radius 3 is 2.73 bits per heavy atom. The number of hydrogen-bond donors (Lipinski definition) is 0. The quantitative estimate of drug-likeness (QED) is 0.579. The molecule has 0 saturated carbocycles. The van der Waals surface area contributed by atoms with Gasteiger partial charge in [0.05, 0.1) is 11.2 Å². The molecule has 0 unspecified atom stereocenters. The summed E-state index contributed by atoms with van der Waals surface area (Å²) in [4.78, 5) is 0.748. The van der Waals surface area contributed by atoms with E-state index in [0.717, 1.165) is 16.4 Å². The van der Waals surface area contributed by atoms with E-state index in [9.17, 15) is 0 Å². The SMILES string of the molecule is Cn1ncc(Cl)c1-c1nnc2sc(Cc3ccccc3)nn12. The molecule has 0 radical (unpaired) electrons. The van der Waals surface area contributed by atoms with Crippen LogP contribution in [0, 0.1) is 0 Å². The van der Waals surface area contributed by atoms with Gasteiger partial charge in [-0.15, -0.1) is 10.2 Å². The molecule has 0 atom stereocenters. The molecule has 0 saturated heterocycles. The minimum atomic E-state index is 0.536. The van der Waals surface area contributed by atoms with Crippen molar-refractivity contribution in [3.05, 3.63) is 52.1 Å². The summed E-state index contributed by atoms with van der Waals surface area (Å²) in [5, 5.41) is 18.6. The summed E-state index contributed by atoms with van der Waals surface area (Å²) in [6.07, 6.45) is 2.36. The van der Waals surface area contributed by atoms with Crippen LogP contribution < -0.4 is 0 Å². The Labute approximate surface area is 135 Å². The van der Waals surface area contributed by atoms with Crippen LogP contribution in [0.1, 0.15) is 10.6 Å². The molecule has 0 spiro atoms. The maximum absolute atomic E-state index is 6.18. The van der Waals surface area contributed by atoms with Crippen LogP contribution in [0.4, 0.5) is 0 Å². The first-order valence-electron chi connectivity index (χ1n) is 6.65. The van der Waals surface area contributed by atoms with Crippen molar-refractivity contribution in [1.29, 1.82) is 0 Å². The Hall–Kier alpha value is -2.25. The first kappa shape index (κ1) is 13.4. The third-order valence-electron chi connectivity index (χ3n) is 3.34. The second kappa shape index (κ2) is 5.19. The lowest BCUT2D eigenvalue weighted by Gasteiger charge is -1.99. The van der Waals surface area contributed by atoms with E-state index >= 15 is 0 Å². The van der Waals surface area contributed by atoms with Crippen LogP contribution in [-0.4, -0.2) is 29.6 Å². The van der Waals surface area contributed by atoms with Crippen molar-refractivity contribution in [2.24, 2.45) is 7.05 Å². The van der Waals surface area contributed by atoms with E-state index in [2.05, 4.69) is 32.5 Å². The van der Waals surface area contributed by atoms with Crippen LogP contribution in [0.3, 0.4) is 0 Å². The Bertz CT molecular complexity index is 919. The molecule has 0 aliphatic carbocycles. The zero-order valence-corrected chi connectivity index (χ0v) is 13.2. The van der Waals surface area contributed by atoms with Gasteiger partial charge < -0.3 is 0 Å². The number of rotatable bonds is 3. The van der Waals surface area contributed by atoms with Crippen LogP contribution in [0.15, 0.2) is 36.5 Å². The molecule has 0 fully saturated rings. The van der Waals surface area contributed by atoms with Gasteiger partial charge in [-0.3, -0.25) is 4.68 Å². The smallest absolute Gasteiger partial charge is 0.235 e. The fourth-order valence-electron chi connectivity index (χ4n) is 2.31.